The summed E-state index contributed by atoms with van der Waals surface area (Å²) in [5, 5.41) is 19.0. The second-order valence-corrected chi connectivity index (χ2v) is 7.64. The summed E-state index contributed by atoms with van der Waals surface area (Å²) in [5.74, 6) is 0. The largest absolute Gasteiger partial charge is 0.394 e. The number of aryl methyl sites for hydroxylation is 2. The number of hydrogen-bond acceptors (Lipinski definition) is 3. The van der Waals surface area contributed by atoms with Crippen LogP contribution in [0.1, 0.15) is 28.3 Å². The summed E-state index contributed by atoms with van der Waals surface area (Å²) in [6.07, 6.45) is 2.39. The number of nitrogens with zero attached hydrogens (tertiary/aromatic N) is 3. The molecule has 0 radical (unpaired) electrons. The fourth-order valence-electron chi connectivity index (χ4n) is 3.74. The molecule has 1 atom stereocenters. The molecule has 0 fully saturated rings. The number of benzene rings is 2. The summed E-state index contributed by atoms with van der Waals surface area (Å²) in [7, 11) is 0. The predicted molar refractivity (Wildman–Crippen MR) is 115 cm³/mol. The number of aliphatic hydroxyl groups is 1. The minimum Gasteiger partial charge on any atom is -0.394 e. The van der Waals surface area contributed by atoms with Crippen molar-refractivity contribution < 1.29 is 5.11 Å². The predicted octanol–water partition coefficient (Wildman–Crippen LogP) is 3.76. The van der Waals surface area contributed by atoms with Gasteiger partial charge < -0.3 is 9.67 Å². The Labute approximate surface area is 170 Å². The van der Waals surface area contributed by atoms with Crippen molar-refractivity contribution in [3.8, 4) is 0 Å². The van der Waals surface area contributed by atoms with E-state index in [-0.39, 0.29) is 12.6 Å². The number of rotatable bonds is 6. The lowest BCUT2D eigenvalue weighted by molar-refractivity contribution is 0.225. The van der Waals surface area contributed by atoms with E-state index in [1.165, 1.54) is 11.1 Å². The number of aromatic nitrogens is 3. The zero-order valence-electron chi connectivity index (χ0n) is 16.8. The minimum absolute atomic E-state index is 0.0509. The van der Waals surface area contributed by atoms with Gasteiger partial charge in [-0.2, -0.15) is 0 Å². The third-order valence-electron chi connectivity index (χ3n) is 5.40. The van der Waals surface area contributed by atoms with Crippen molar-refractivity contribution in [1.82, 2.24) is 14.1 Å². The fraction of sp³-hybridized carbons (Fsp3) is 0.250. The molecule has 2 N–H and O–H groups in total. The van der Waals surface area contributed by atoms with Crippen molar-refractivity contribution in [3.63, 3.8) is 0 Å². The zero-order chi connectivity index (χ0) is 20.4. The van der Waals surface area contributed by atoms with Gasteiger partial charge in [0.25, 0.3) is 0 Å². The molecule has 0 unspecified atom stereocenters. The molecule has 4 aromatic rings. The smallest absolute Gasteiger partial charge is 0.204 e. The quantitative estimate of drug-likeness (QED) is 0.530. The van der Waals surface area contributed by atoms with Crippen molar-refractivity contribution >= 4 is 11.2 Å². The van der Waals surface area contributed by atoms with Crippen molar-refractivity contribution in [2.45, 2.75) is 32.9 Å². The summed E-state index contributed by atoms with van der Waals surface area (Å²) in [4.78, 5) is 4.55. The van der Waals surface area contributed by atoms with Crippen LogP contribution in [0.4, 0.5) is 0 Å². The van der Waals surface area contributed by atoms with E-state index in [4.69, 9.17) is 5.41 Å². The standard InChI is InChI=1S/C24H26N4O/c1-17-5-9-19(10-6-17)14-21(16-29)28-23-22(4-3-13-26-23)27(24(28)25)15-20-11-7-18(2)8-12-20/h3-13,21,25,29H,14-16H2,1-2H3/t21-/m0/s1. The topological polar surface area (TPSA) is 66.8 Å². The molecule has 0 amide bonds. The Kier molecular flexibility index (Phi) is 5.32. The van der Waals surface area contributed by atoms with E-state index in [1.807, 2.05) is 21.3 Å². The Hall–Kier alpha value is -3.18. The molecular formula is C24H26N4O. The number of imidazole rings is 1. The first kappa shape index (κ1) is 19.2. The average molecular weight is 386 g/mol. The van der Waals surface area contributed by atoms with E-state index < -0.39 is 0 Å². The molecule has 5 heteroatoms. The van der Waals surface area contributed by atoms with Crippen molar-refractivity contribution in [3.05, 3.63) is 94.7 Å². The van der Waals surface area contributed by atoms with Gasteiger partial charge in [0.15, 0.2) is 5.65 Å². The highest BCUT2D eigenvalue weighted by Crippen LogP contribution is 2.20. The fourth-order valence-corrected chi connectivity index (χ4v) is 3.74. The molecule has 5 nitrogen and oxygen atoms in total. The van der Waals surface area contributed by atoms with Crippen LogP contribution in [0.15, 0.2) is 66.9 Å². The molecule has 0 saturated carbocycles. The van der Waals surface area contributed by atoms with Gasteiger partial charge in [0.05, 0.1) is 24.7 Å². The van der Waals surface area contributed by atoms with Gasteiger partial charge in [-0.25, -0.2) is 4.98 Å². The Morgan fingerprint density at radius 3 is 2.17 bits per heavy atom. The van der Waals surface area contributed by atoms with Crippen LogP contribution in [-0.2, 0) is 13.0 Å². The van der Waals surface area contributed by atoms with Crippen molar-refractivity contribution in [1.29, 1.82) is 5.41 Å². The van der Waals surface area contributed by atoms with Crippen LogP contribution in [-0.4, -0.2) is 25.8 Å². The maximum atomic E-state index is 10.2. The van der Waals surface area contributed by atoms with Gasteiger partial charge in [0.2, 0.25) is 5.62 Å². The van der Waals surface area contributed by atoms with E-state index in [0.717, 1.165) is 22.3 Å². The molecule has 2 aromatic carbocycles. The molecule has 148 valence electrons. The summed E-state index contributed by atoms with van der Waals surface area (Å²) in [6, 6.07) is 20.3. The Morgan fingerprint density at radius 2 is 1.55 bits per heavy atom. The van der Waals surface area contributed by atoms with Gasteiger partial charge in [-0.15, -0.1) is 0 Å². The van der Waals surface area contributed by atoms with Gasteiger partial charge in [0.1, 0.15) is 0 Å². The highest BCUT2D eigenvalue weighted by molar-refractivity contribution is 5.71. The first-order valence-electron chi connectivity index (χ1n) is 9.89. The summed E-state index contributed by atoms with van der Waals surface area (Å²) < 4.78 is 3.83. The lowest BCUT2D eigenvalue weighted by Gasteiger charge is -2.17. The summed E-state index contributed by atoms with van der Waals surface area (Å²) in [5.41, 5.74) is 6.68. The normalized spacial score (nSPS) is 12.4. The first-order chi connectivity index (χ1) is 14.1. The maximum absolute atomic E-state index is 10.2. The molecular weight excluding hydrogens is 360 g/mol. The number of nitrogens with one attached hydrogen (secondary N) is 1. The van der Waals surface area contributed by atoms with E-state index in [1.54, 1.807) is 6.20 Å². The number of aliphatic hydroxyl groups excluding tert-OH is 1. The molecule has 0 spiro atoms. The summed E-state index contributed by atoms with van der Waals surface area (Å²) in [6.45, 7) is 4.67. The van der Waals surface area contributed by atoms with Gasteiger partial charge in [-0.1, -0.05) is 59.7 Å². The van der Waals surface area contributed by atoms with Gasteiger partial charge in [-0.05, 0) is 43.5 Å². The van der Waals surface area contributed by atoms with Crippen LogP contribution in [0, 0.1) is 19.3 Å². The van der Waals surface area contributed by atoms with Crippen LogP contribution in [0.25, 0.3) is 11.2 Å². The van der Waals surface area contributed by atoms with Crippen LogP contribution >= 0.6 is 0 Å². The molecule has 2 heterocycles. The number of pyridine rings is 1. The molecule has 4 rings (SSSR count). The average Bonchev–Trinajstić information content (AvgIpc) is 3.01. The van der Waals surface area contributed by atoms with E-state index in [0.29, 0.717) is 18.6 Å². The molecule has 29 heavy (non-hydrogen) atoms. The van der Waals surface area contributed by atoms with E-state index in [9.17, 15) is 5.11 Å². The molecule has 0 aliphatic carbocycles. The SMILES string of the molecule is Cc1ccc(C[C@@H](CO)n2c(=N)n(Cc3ccc(C)cc3)c3cccnc32)cc1. The maximum Gasteiger partial charge on any atom is 0.204 e. The molecule has 2 aromatic heterocycles. The lowest BCUT2D eigenvalue weighted by atomic mass is 10.0. The van der Waals surface area contributed by atoms with Crippen LogP contribution in [0.5, 0.6) is 0 Å². The van der Waals surface area contributed by atoms with Gasteiger partial charge in [0, 0.05) is 6.20 Å². The molecule has 0 aliphatic heterocycles. The third kappa shape index (κ3) is 3.87. The van der Waals surface area contributed by atoms with Gasteiger partial charge in [-0.3, -0.25) is 9.98 Å². The number of hydrogen-bond donors (Lipinski definition) is 2. The minimum atomic E-state index is -0.248. The highest BCUT2D eigenvalue weighted by Gasteiger charge is 2.19. The second-order valence-electron chi connectivity index (χ2n) is 7.64. The van der Waals surface area contributed by atoms with Crippen LogP contribution < -0.4 is 5.62 Å². The van der Waals surface area contributed by atoms with Crippen molar-refractivity contribution in [2.24, 2.45) is 0 Å². The highest BCUT2D eigenvalue weighted by atomic mass is 16.3. The lowest BCUT2D eigenvalue weighted by Crippen LogP contribution is -2.31. The Bertz CT molecular complexity index is 1170. The zero-order valence-corrected chi connectivity index (χ0v) is 16.8. The van der Waals surface area contributed by atoms with E-state index in [2.05, 4.69) is 67.4 Å². The third-order valence-corrected chi connectivity index (χ3v) is 5.40. The molecule has 0 aliphatic rings. The van der Waals surface area contributed by atoms with Gasteiger partial charge >= 0.3 is 0 Å². The second kappa shape index (κ2) is 8.05. The molecule has 0 saturated heterocycles. The molecule has 0 bridgehead atoms. The summed E-state index contributed by atoms with van der Waals surface area (Å²) >= 11 is 0. The first-order valence-corrected chi connectivity index (χ1v) is 9.89. The monoisotopic (exact) mass is 386 g/mol. The Balaban J connectivity index is 1.77. The van der Waals surface area contributed by atoms with E-state index >= 15 is 0 Å². The number of fused-ring (bicyclic) bond motifs is 1. The van der Waals surface area contributed by atoms with Crippen LogP contribution in [0.2, 0.25) is 0 Å². The Morgan fingerprint density at radius 1 is 0.931 bits per heavy atom. The van der Waals surface area contributed by atoms with Crippen molar-refractivity contribution in [2.75, 3.05) is 6.61 Å². The van der Waals surface area contributed by atoms with Crippen LogP contribution in [0.3, 0.4) is 0 Å².